The Bertz CT molecular complexity index is 1160. The molecule has 1 aliphatic rings. The first-order chi connectivity index (χ1) is 18.5. The third-order valence-corrected chi connectivity index (χ3v) is 8.09. The maximum Gasteiger partial charge on any atom is 0.243 e. The van der Waals surface area contributed by atoms with E-state index in [1.165, 1.54) is 5.56 Å². The summed E-state index contributed by atoms with van der Waals surface area (Å²) in [4.78, 5) is 29.3. The highest BCUT2D eigenvalue weighted by Gasteiger charge is 2.32. The fourth-order valence-corrected chi connectivity index (χ4v) is 5.74. The van der Waals surface area contributed by atoms with Gasteiger partial charge >= 0.3 is 0 Å². The number of thioether (sulfide) groups is 1. The molecular weight excluding hydrogens is 492 g/mol. The molecule has 0 aromatic heterocycles. The second-order valence-electron chi connectivity index (χ2n) is 10.0. The first-order valence-corrected chi connectivity index (χ1v) is 14.6. The Kier molecular flexibility index (Phi) is 10.3. The van der Waals surface area contributed by atoms with Gasteiger partial charge in [-0.2, -0.15) is 0 Å². The number of ether oxygens (including phenoxy) is 1. The molecule has 2 amide bonds. The first-order valence-electron chi connectivity index (χ1n) is 13.4. The number of benzene rings is 3. The van der Waals surface area contributed by atoms with Gasteiger partial charge in [-0.15, -0.1) is 11.8 Å². The summed E-state index contributed by atoms with van der Waals surface area (Å²) < 4.78 is 5.25. The van der Waals surface area contributed by atoms with Crippen molar-refractivity contribution in [1.82, 2.24) is 10.2 Å². The quantitative estimate of drug-likeness (QED) is 0.315. The summed E-state index contributed by atoms with van der Waals surface area (Å²) in [5.74, 6) is 1.76. The lowest BCUT2D eigenvalue weighted by atomic mass is 10.0. The van der Waals surface area contributed by atoms with Crippen LogP contribution in [0.15, 0.2) is 78.9 Å². The predicted molar refractivity (Wildman–Crippen MR) is 155 cm³/mol. The van der Waals surface area contributed by atoms with Crippen molar-refractivity contribution in [3.8, 4) is 5.75 Å². The van der Waals surface area contributed by atoms with Crippen LogP contribution >= 0.6 is 11.8 Å². The van der Waals surface area contributed by atoms with E-state index in [4.69, 9.17) is 4.74 Å². The molecule has 3 aromatic rings. The monoisotopic (exact) mass is 530 g/mol. The van der Waals surface area contributed by atoms with Gasteiger partial charge in [-0.1, -0.05) is 85.1 Å². The highest BCUT2D eigenvalue weighted by atomic mass is 32.2. The van der Waals surface area contributed by atoms with Crippen LogP contribution in [0.2, 0.25) is 0 Å². The third-order valence-electron chi connectivity index (χ3n) is 7.10. The second kappa shape index (κ2) is 14.1. The van der Waals surface area contributed by atoms with Crippen LogP contribution in [0.4, 0.5) is 0 Å². The number of aryl methyl sites for hydroxylation is 1. The number of amides is 2. The second-order valence-corrected chi connectivity index (χ2v) is 11.0. The van der Waals surface area contributed by atoms with E-state index in [1.807, 2.05) is 54.6 Å². The molecule has 0 bridgehead atoms. The number of carbonyl (C=O) groups excluding carboxylic acids is 2. The molecule has 5 nitrogen and oxygen atoms in total. The Morgan fingerprint density at radius 3 is 2.24 bits per heavy atom. The van der Waals surface area contributed by atoms with Gasteiger partial charge in [0.15, 0.2) is 0 Å². The standard InChI is InChI=1S/C32H38N2O3S/c1-24-12-14-26(15-13-24)21-34(31(35)23-38-22-27-16-18-29(37-2)19-17-27)30(20-25-8-4-3-5-9-25)32(36)33-28-10-6-7-11-28/h3-5,8-9,12-19,28,30H,6-7,10-11,20-23H2,1-2H3,(H,33,36)/t30-/m1/s1. The molecule has 6 heteroatoms. The summed E-state index contributed by atoms with van der Waals surface area (Å²) in [5, 5.41) is 3.27. The van der Waals surface area contributed by atoms with E-state index in [2.05, 4.69) is 36.5 Å². The molecule has 0 unspecified atom stereocenters. The summed E-state index contributed by atoms with van der Waals surface area (Å²) in [6, 6.07) is 25.8. The number of rotatable bonds is 12. The van der Waals surface area contributed by atoms with Crippen LogP contribution in [0.25, 0.3) is 0 Å². The van der Waals surface area contributed by atoms with Gasteiger partial charge in [-0.05, 0) is 48.6 Å². The van der Waals surface area contributed by atoms with E-state index in [9.17, 15) is 9.59 Å². The Hall–Kier alpha value is -3.25. The van der Waals surface area contributed by atoms with Crippen molar-refractivity contribution in [3.05, 3.63) is 101 Å². The molecule has 0 spiro atoms. The molecule has 200 valence electrons. The zero-order chi connectivity index (χ0) is 26.7. The van der Waals surface area contributed by atoms with Gasteiger partial charge in [0.05, 0.1) is 12.9 Å². The Morgan fingerprint density at radius 1 is 0.921 bits per heavy atom. The molecule has 0 radical (unpaired) electrons. The highest BCUT2D eigenvalue weighted by molar-refractivity contribution is 7.99. The van der Waals surface area contributed by atoms with E-state index in [-0.39, 0.29) is 17.9 Å². The average molecular weight is 531 g/mol. The summed E-state index contributed by atoms with van der Waals surface area (Å²) in [6.07, 6.45) is 4.78. The average Bonchev–Trinajstić information content (AvgIpc) is 3.45. The summed E-state index contributed by atoms with van der Waals surface area (Å²) in [6.45, 7) is 2.45. The van der Waals surface area contributed by atoms with Crippen molar-refractivity contribution >= 4 is 23.6 Å². The van der Waals surface area contributed by atoms with Gasteiger partial charge in [0.25, 0.3) is 0 Å². The summed E-state index contributed by atoms with van der Waals surface area (Å²) >= 11 is 1.57. The van der Waals surface area contributed by atoms with Crippen LogP contribution < -0.4 is 10.1 Å². The molecule has 0 saturated heterocycles. The topological polar surface area (TPSA) is 58.6 Å². The summed E-state index contributed by atoms with van der Waals surface area (Å²) in [7, 11) is 1.65. The zero-order valence-electron chi connectivity index (χ0n) is 22.4. The van der Waals surface area contributed by atoms with E-state index in [0.717, 1.165) is 48.1 Å². The van der Waals surface area contributed by atoms with Crippen LogP contribution in [0, 0.1) is 6.92 Å². The number of nitrogens with zero attached hydrogens (tertiary/aromatic N) is 1. The number of hydrogen-bond donors (Lipinski definition) is 1. The Labute approximate surface area is 231 Å². The molecule has 3 aromatic carbocycles. The Balaban J connectivity index is 1.54. The minimum atomic E-state index is -0.576. The largest absolute Gasteiger partial charge is 0.497 e. The number of carbonyl (C=O) groups is 2. The van der Waals surface area contributed by atoms with E-state index < -0.39 is 6.04 Å². The van der Waals surface area contributed by atoms with Crippen LogP contribution in [0.5, 0.6) is 5.75 Å². The lowest BCUT2D eigenvalue weighted by Gasteiger charge is -2.32. The lowest BCUT2D eigenvalue weighted by Crippen LogP contribution is -2.52. The predicted octanol–water partition coefficient (Wildman–Crippen LogP) is 5.94. The minimum Gasteiger partial charge on any atom is -0.497 e. The van der Waals surface area contributed by atoms with Crippen molar-refractivity contribution in [1.29, 1.82) is 0 Å². The molecule has 0 aliphatic heterocycles. The normalized spacial score (nSPS) is 14.2. The number of methoxy groups -OCH3 is 1. The zero-order valence-corrected chi connectivity index (χ0v) is 23.2. The van der Waals surface area contributed by atoms with Crippen LogP contribution in [-0.4, -0.2) is 41.7 Å². The van der Waals surface area contributed by atoms with Crippen molar-refractivity contribution in [2.75, 3.05) is 12.9 Å². The molecule has 38 heavy (non-hydrogen) atoms. The molecule has 1 aliphatic carbocycles. The molecule has 4 rings (SSSR count). The van der Waals surface area contributed by atoms with Crippen molar-refractivity contribution in [3.63, 3.8) is 0 Å². The van der Waals surface area contributed by atoms with E-state index >= 15 is 0 Å². The van der Waals surface area contributed by atoms with Gasteiger partial charge in [0.1, 0.15) is 11.8 Å². The van der Waals surface area contributed by atoms with Gasteiger partial charge < -0.3 is 15.0 Å². The number of nitrogens with one attached hydrogen (secondary N) is 1. The molecule has 1 N–H and O–H groups in total. The maximum atomic E-state index is 13.8. The minimum absolute atomic E-state index is 0.0217. The molecule has 1 atom stereocenters. The van der Waals surface area contributed by atoms with Crippen molar-refractivity contribution in [2.24, 2.45) is 0 Å². The highest BCUT2D eigenvalue weighted by Crippen LogP contribution is 2.22. The lowest BCUT2D eigenvalue weighted by molar-refractivity contribution is -0.139. The van der Waals surface area contributed by atoms with E-state index in [1.54, 1.807) is 23.8 Å². The number of hydrogen-bond acceptors (Lipinski definition) is 4. The smallest absolute Gasteiger partial charge is 0.243 e. The maximum absolute atomic E-state index is 13.8. The van der Waals surface area contributed by atoms with Crippen LogP contribution in [-0.2, 0) is 28.3 Å². The van der Waals surface area contributed by atoms with Gasteiger partial charge in [-0.25, -0.2) is 0 Å². The fourth-order valence-electron chi connectivity index (χ4n) is 4.87. The SMILES string of the molecule is COc1ccc(CSCC(=O)N(Cc2ccc(C)cc2)[C@H](Cc2ccccc2)C(=O)NC2CCCC2)cc1. The van der Waals surface area contributed by atoms with Gasteiger partial charge in [0.2, 0.25) is 11.8 Å². The first kappa shape index (κ1) is 27.8. The van der Waals surface area contributed by atoms with Crippen LogP contribution in [0.3, 0.4) is 0 Å². The van der Waals surface area contributed by atoms with Crippen molar-refractivity contribution < 1.29 is 14.3 Å². The Morgan fingerprint density at radius 2 is 1.58 bits per heavy atom. The molecular formula is C32H38N2O3S. The van der Waals surface area contributed by atoms with E-state index in [0.29, 0.717) is 24.5 Å². The van der Waals surface area contributed by atoms with Crippen molar-refractivity contribution in [2.45, 2.75) is 63.4 Å². The summed E-state index contributed by atoms with van der Waals surface area (Å²) in [5.41, 5.74) is 4.37. The third kappa shape index (κ3) is 8.12. The van der Waals surface area contributed by atoms with Gasteiger partial charge in [-0.3, -0.25) is 9.59 Å². The van der Waals surface area contributed by atoms with Gasteiger partial charge in [0, 0.05) is 24.8 Å². The molecule has 1 fully saturated rings. The van der Waals surface area contributed by atoms with Crippen LogP contribution in [0.1, 0.15) is 47.9 Å². The molecule has 0 heterocycles. The molecule has 1 saturated carbocycles. The fraction of sp³-hybridized carbons (Fsp3) is 0.375.